The number of aromatic nitrogens is 2. The van der Waals surface area contributed by atoms with E-state index in [1.54, 1.807) is 37.4 Å². The van der Waals surface area contributed by atoms with Gasteiger partial charge in [-0.15, -0.1) is 0 Å². The van der Waals surface area contributed by atoms with E-state index in [4.69, 9.17) is 4.98 Å². The number of amides is 1. The SMILES string of the molecule is CC(=O)NS(=O)(=O)c1ccccc1N[C@@H](C)c1cc(C)cc2c(=O)n(C)c(N3Cc4ccc(F)cc4C3)nc12. The van der Waals surface area contributed by atoms with Gasteiger partial charge in [0.2, 0.25) is 11.9 Å². The normalized spacial score (nSPS) is 13.8. The van der Waals surface area contributed by atoms with Crippen LogP contribution in [-0.4, -0.2) is 23.9 Å². The van der Waals surface area contributed by atoms with E-state index >= 15 is 0 Å². The third-order valence-corrected chi connectivity index (χ3v) is 8.29. The number of nitrogens with zero attached hydrogens (tertiary/aromatic N) is 3. The summed E-state index contributed by atoms with van der Waals surface area (Å²) in [5.41, 5.74) is 3.95. The molecule has 39 heavy (non-hydrogen) atoms. The Labute approximate surface area is 225 Å². The second-order valence-corrected chi connectivity index (χ2v) is 11.5. The van der Waals surface area contributed by atoms with E-state index in [-0.39, 0.29) is 16.3 Å². The number of sulfonamides is 1. The standard InChI is InChI=1S/C28H28FN5O4S/c1-16-11-22(17(2)30-24-7-5-6-8-25(24)39(37,38)32-18(3)35)26-23(12-16)27(36)33(4)28(31-26)34-14-19-9-10-21(29)13-20(19)15-34/h5-13,17,30H,14-15H2,1-4H3,(H,32,35)/t17-/m0/s1. The zero-order chi connectivity index (χ0) is 28.1. The molecule has 3 aromatic carbocycles. The number of para-hydroxylation sites is 1. The number of carbonyl (C=O) groups is 1. The van der Waals surface area contributed by atoms with E-state index in [0.717, 1.165) is 23.6 Å². The first-order valence-electron chi connectivity index (χ1n) is 12.4. The molecular weight excluding hydrogens is 521 g/mol. The van der Waals surface area contributed by atoms with Crippen molar-refractivity contribution in [3.05, 3.63) is 93.0 Å². The average molecular weight is 550 g/mol. The van der Waals surface area contributed by atoms with Gasteiger partial charge in [0, 0.05) is 32.6 Å². The number of anilines is 2. The minimum absolute atomic E-state index is 0.0735. The first-order valence-corrected chi connectivity index (χ1v) is 13.9. The summed E-state index contributed by atoms with van der Waals surface area (Å²) >= 11 is 0. The molecule has 0 fully saturated rings. The largest absolute Gasteiger partial charge is 0.377 e. The van der Waals surface area contributed by atoms with Gasteiger partial charge in [0.05, 0.1) is 22.6 Å². The third-order valence-electron chi connectivity index (χ3n) is 6.80. The van der Waals surface area contributed by atoms with Crippen molar-refractivity contribution in [2.45, 2.75) is 44.8 Å². The molecule has 1 aliphatic rings. The molecule has 202 valence electrons. The molecule has 0 aliphatic carbocycles. The van der Waals surface area contributed by atoms with Gasteiger partial charge in [0.15, 0.2) is 0 Å². The van der Waals surface area contributed by atoms with Crippen LogP contribution in [0.5, 0.6) is 0 Å². The lowest BCUT2D eigenvalue weighted by Crippen LogP contribution is -2.29. The monoisotopic (exact) mass is 549 g/mol. The van der Waals surface area contributed by atoms with Crippen LogP contribution in [0.3, 0.4) is 0 Å². The molecule has 4 aromatic rings. The van der Waals surface area contributed by atoms with Gasteiger partial charge >= 0.3 is 0 Å². The number of rotatable bonds is 6. The third kappa shape index (κ3) is 4.97. The Balaban J connectivity index is 1.58. The Bertz CT molecular complexity index is 1800. The Morgan fingerprint density at radius 3 is 2.54 bits per heavy atom. The number of nitrogens with one attached hydrogen (secondary N) is 2. The molecule has 2 N–H and O–H groups in total. The van der Waals surface area contributed by atoms with Crippen LogP contribution in [0, 0.1) is 12.7 Å². The molecule has 5 rings (SSSR count). The quantitative estimate of drug-likeness (QED) is 0.375. The van der Waals surface area contributed by atoms with Gasteiger partial charge in [-0.1, -0.05) is 24.3 Å². The summed E-state index contributed by atoms with van der Waals surface area (Å²) in [6, 6.07) is 14.2. The van der Waals surface area contributed by atoms with E-state index in [1.165, 1.54) is 22.8 Å². The Morgan fingerprint density at radius 2 is 1.79 bits per heavy atom. The molecule has 1 atom stereocenters. The smallest absolute Gasteiger partial charge is 0.266 e. The van der Waals surface area contributed by atoms with Crippen LogP contribution >= 0.6 is 0 Å². The number of hydrogen-bond donors (Lipinski definition) is 2. The first kappa shape index (κ1) is 26.4. The number of benzene rings is 3. The van der Waals surface area contributed by atoms with Gasteiger partial charge in [0.25, 0.3) is 15.6 Å². The fraction of sp³-hybridized carbons (Fsp3) is 0.250. The Kier molecular flexibility index (Phi) is 6.63. The number of fused-ring (bicyclic) bond motifs is 2. The molecular formula is C28H28FN5O4S. The van der Waals surface area contributed by atoms with Gasteiger partial charge in [-0.3, -0.25) is 14.2 Å². The van der Waals surface area contributed by atoms with Crippen molar-refractivity contribution in [2.75, 3.05) is 10.2 Å². The summed E-state index contributed by atoms with van der Waals surface area (Å²) in [5, 5.41) is 3.67. The zero-order valence-corrected chi connectivity index (χ0v) is 22.8. The van der Waals surface area contributed by atoms with Gasteiger partial charge < -0.3 is 10.2 Å². The van der Waals surface area contributed by atoms with Crippen LogP contribution in [0.4, 0.5) is 16.0 Å². The predicted octanol–water partition coefficient (Wildman–Crippen LogP) is 3.90. The van der Waals surface area contributed by atoms with Crippen molar-refractivity contribution in [1.82, 2.24) is 14.3 Å². The summed E-state index contributed by atoms with van der Waals surface area (Å²) in [6.45, 7) is 5.77. The van der Waals surface area contributed by atoms with Crippen LogP contribution in [0.1, 0.15) is 42.1 Å². The van der Waals surface area contributed by atoms with Crippen LogP contribution in [0.15, 0.2) is 64.3 Å². The summed E-state index contributed by atoms with van der Waals surface area (Å²) < 4.78 is 42.9. The molecule has 0 radical (unpaired) electrons. The molecule has 9 nitrogen and oxygen atoms in total. The van der Waals surface area contributed by atoms with E-state index in [0.29, 0.717) is 41.2 Å². The van der Waals surface area contributed by atoms with Crippen molar-refractivity contribution >= 4 is 38.5 Å². The maximum Gasteiger partial charge on any atom is 0.266 e. The van der Waals surface area contributed by atoms with E-state index in [9.17, 15) is 22.4 Å². The second kappa shape index (κ2) is 9.81. The first-order chi connectivity index (χ1) is 18.4. The van der Waals surface area contributed by atoms with Crippen molar-refractivity contribution in [2.24, 2.45) is 7.05 Å². The minimum atomic E-state index is -4.09. The number of hydrogen-bond acceptors (Lipinski definition) is 7. The van der Waals surface area contributed by atoms with Crippen molar-refractivity contribution in [3.63, 3.8) is 0 Å². The molecule has 1 aromatic heterocycles. The lowest BCUT2D eigenvalue weighted by Gasteiger charge is -2.23. The summed E-state index contributed by atoms with van der Waals surface area (Å²) in [7, 11) is -2.43. The summed E-state index contributed by atoms with van der Waals surface area (Å²) in [6.07, 6.45) is 0. The molecule has 0 saturated heterocycles. The molecule has 1 aliphatic heterocycles. The molecule has 0 unspecified atom stereocenters. The highest BCUT2D eigenvalue weighted by molar-refractivity contribution is 7.90. The highest BCUT2D eigenvalue weighted by atomic mass is 32.2. The molecule has 0 bridgehead atoms. The second-order valence-electron chi connectivity index (χ2n) is 9.82. The fourth-order valence-electron chi connectivity index (χ4n) is 5.03. The number of aryl methyl sites for hydroxylation is 1. The number of carbonyl (C=O) groups excluding carboxylic acids is 1. The predicted molar refractivity (Wildman–Crippen MR) is 147 cm³/mol. The van der Waals surface area contributed by atoms with Gasteiger partial charge in [-0.2, -0.15) is 0 Å². The van der Waals surface area contributed by atoms with Gasteiger partial charge in [-0.25, -0.2) is 22.5 Å². The van der Waals surface area contributed by atoms with Crippen molar-refractivity contribution < 1.29 is 17.6 Å². The fourth-order valence-corrected chi connectivity index (χ4v) is 6.20. The molecule has 2 heterocycles. The minimum Gasteiger partial charge on any atom is -0.377 e. The van der Waals surface area contributed by atoms with Gasteiger partial charge in [0.1, 0.15) is 10.7 Å². The van der Waals surface area contributed by atoms with Crippen LogP contribution < -0.4 is 20.5 Å². The lowest BCUT2D eigenvalue weighted by molar-refractivity contribution is -0.117. The van der Waals surface area contributed by atoms with Gasteiger partial charge in [-0.05, 0) is 60.9 Å². The molecule has 0 spiro atoms. The maximum absolute atomic E-state index is 13.8. The maximum atomic E-state index is 13.8. The zero-order valence-electron chi connectivity index (χ0n) is 21.9. The van der Waals surface area contributed by atoms with Crippen molar-refractivity contribution in [3.8, 4) is 0 Å². The lowest BCUT2D eigenvalue weighted by atomic mass is 10.0. The van der Waals surface area contributed by atoms with Crippen LogP contribution in [0.25, 0.3) is 10.9 Å². The molecule has 11 heteroatoms. The van der Waals surface area contributed by atoms with E-state index in [1.807, 2.05) is 29.5 Å². The molecule has 1 amide bonds. The molecule has 0 saturated carbocycles. The van der Waals surface area contributed by atoms with E-state index < -0.39 is 22.0 Å². The topological polar surface area (TPSA) is 113 Å². The Hall–Kier alpha value is -4.25. The summed E-state index contributed by atoms with van der Waals surface area (Å²) in [5.74, 6) is -0.550. The van der Waals surface area contributed by atoms with E-state index in [2.05, 4.69) is 5.32 Å². The van der Waals surface area contributed by atoms with Crippen LogP contribution in [0.2, 0.25) is 0 Å². The highest BCUT2D eigenvalue weighted by Crippen LogP contribution is 2.32. The van der Waals surface area contributed by atoms with Crippen molar-refractivity contribution in [1.29, 1.82) is 0 Å². The Morgan fingerprint density at radius 1 is 1.08 bits per heavy atom. The van der Waals surface area contributed by atoms with Crippen LogP contribution in [-0.2, 0) is 35.0 Å². The summed E-state index contributed by atoms with van der Waals surface area (Å²) in [4.78, 5) is 31.8. The number of halogens is 1. The highest BCUT2D eigenvalue weighted by Gasteiger charge is 2.26. The average Bonchev–Trinajstić information content (AvgIpc) is 3.28.